The lowest BCUT2D eigenvalue weighted by Gasteiger charge is -2.16. The van der Waals surface area contributed by atoms with Crippen molar-refractivity contribution in [1.82, 2.24) is 9.88 Å². The maximum Gasteiger partial charge on any atom is 0.337 e. The molecule has 176 valence electrons. The summed E-state index contributed by atoms with van der Waals surface area (Å²) in [6.45, 7) is 11.9. The van der Waals surface area contributed by atoms with Gasteiger partial charge in [0.15, 0.2) is 11.5 Å². The third-order valence-electron chi connectivity index (χ3n) is 6.36. The number of nitrogens with zero attached hydrogens (tertiary/aromatic N) is 1. The number of carbonyl (C=O) groups is 1. The first-order valence-corrected chi connectivity index (χ1v) is 11.1. The molecule has 0 saturated carbocycles. The zero-order valence-corrected chi connectivity index (χ0v) is 20.6. The van der Waals surface area contributed by atoms with Crippen molar-refractivity contribution in [3.8, 4) is 11.5 Å². The van der Waals surface area contributed by atoms with Crippen molar-refractivity contribution < 1.29 is 19.4 Å². The molecular formula is C27H34N2O4. The van der Waals surface area contributed by atoms with E-state index < -0.39 is 5.97 Å². The van der Waals surface area contributed by atoms with Crippen LogP contribution < -0.4 is 14.8 Å². The highest BCUT2D eigenvalue weighted by Crippen LogP contribution is 2.28. The summed E-state index contributed by atoms with van der Waals surface area (Å²) < 4.78 is 12.8. The van der Waals surface area contributed by atoms with Crippen molar-refractivity contribution in [2.75, 3.05) is 14.2 Å². The van der Waals surface area contributed by atoms with Crippen LogP contribution in [0.1, 0.15) is 55.1 Å². The van der Waals surface area contributed by atoms with Gasteiger partial charge in [0.1, 0.15) is 0 Å². The molecule has 0 radical (unpaired) electrons. The molecule has 3 rings (SSSR count). The van der Waals surface area contributed by atoms with Crippen molar-refractivity contribution in [3.05, 3.63) is 80.7 Å². The standard InChI is InChI=1S/C27H34N2O4/c1-16-10-17(2)23(18(3)11-16)15-29-19(4)22(26(20(29)5)27(30)31)14-28-13-21-8-9-24(32-6)25(12-21)33-7/h8-12,28H,13-15H2,1-7H3,(H,30,31). The number of carboxylic acid groups (broad SMARTS) is 1. The number of nitrogens with one attached hydrogen (secondary N) is 1. The summed E-state index contributed by atoms with van der Waals surface area (Å²) >= 11 is 0. The van der Waals surface area contributed by atoms with Crippen LogP contribution in [-0.4, -0.2) is 29.9 Å². The van der Waals surface area contributed by atoms with Crippen molar-refractivity contribution in [3.63, 3.8) is 0 Å². The first-order valence-electron chi connectivity index (χ1n) is 11.1. The summed E-state index contributed by atoms with van der Waals surface area (Å²) in [5.74, 6) is 0.458. The molecule has 0 spiro atoms. The largest absolute Gasteiger partial charge is 0.493 e. The topological polar surface area (TPSA) is 72.7 Å². The van der Waals surface area contributed by atoms with Gasteiger partial charge in [-0.25, -0.2) is 4.79 Å². The number of hydrogen-bond donors (Lipinski definition) is 2. The molecule has 1 heterocycles. The van der Waals surface area contributed by atoms with Crippen LogP contribution in [0.3, 0.4) is 0 Å². The zero-order valence-electron chi connectivity index (χ0n) is 20.6. The lowest BCUT2D eigenvalue weighted by Crippen LogP contribution is -2.15. The number of hydrogen-bond acceptors (Lipinski definition) is 4. The van der Waals surface area contributed by atoms with Crippen LogP contribution in [-0.2, 0) is 19.6 Å². The molecule has 0 saturated heterocycles. The summed E-state index contributed by atoms with van der Waals surface area (Å²) in [6, 6.07) is 10.1. The van der Waals surface area contributed by atoms with Gasteiger partial charge in [-0.2, -0.15) is 0 Å². The van der Waals surface area contributed by atoms with Gasteiger partial charge < -0.3 is 24.5 Å². The van der Waals surface area contributed by atoms with Crippen LogP contribution in [0.25, 0.3) is 0 Å². The predicted molar refractivity (Wildman–Crippen MR) is 131 cm³/mol. The van der Waals surface area contributed by atoms with E-state index in [4.69, 9.17) is 9.47 Å². The Morgan fingerprint density at radius 2 is 1.52 bits per heavy atom. The number of aryl methyl sites for hydroxylation is 3. The van der Waals surface area contributed by atoms with Crippen LogP contribution in [0, 0.1) is 34.6 Å². The monoisotopic (exact) mass is 450 g/mol. The van der Waals surface area contributed by atoms with E-state index in [9.17, 15) is 9.90 Å². The average molecular weight is 451 g/mol. The molecule has 33 heavy (non-hydrogen) atoms. The quantitative estimate of drug-likeness (QED) is 0.475. The molecule has 6 heteroatoms. The lowest BCUT2D eigenvalue weighted by molar-refractivity contribution is 0.0694. The van der Waals surface area contributed by atoms with Crippen molar-refractivity contribution in [2.45, 2.75) is 54.3 Å². The number of rotatable bonds is 9. The second kappa shape index (κ2) is 10.1. The van der Waals surface area contributed by atoms with Crippen LogP contribution in [0.4, 0.5) is 0 Å². The Balaban J connectivity index is 1.87. The lowest BCUT2D eigenvalue weighted by atomic mass is 9.99. The van der Waals surface area contributed by atoms with Crippen LogP contribution >= 0.6 is 0 Å². The highest BCUT2D eigenvalue weighted by atomic mass is 16.5. The smallest absolute Gasteiger partial charge is 0.337 e. The molecule has 0 fully saturated rings. The van der Waals surface area contributed by atoms with E-state index in [-0.39, 0.29) is 0 Å². The molecule has 0 aliphatic carbocycles. The Hall–Kier alpha value is -3.25. The highest BCUT2D eigenvalue weighted by Gasteiger charge is 2.23. The second-order valence-corrected chi connectivity index (χ2v) is 8.59. The fourth-order valence-corrected chi connectivity index (χ4v) is 4.63. The molecule has 0 unspecified atom stereocenters. The fourth-order valence-electron chi connectivity index (χ4n) is 4.63. The van der Waals surface area contributed by atoms with Crippen molar-refractivity contribution in [2.24, 2.45) is 0 Å². The van der Waals surface area contributed by atoms with Gasteiger partial charge in [0.25, 0.3) is 0 Å². The number of aromatic carboxylic acids is 1. The molecule has 0 aliphatic rings. The summed E-state index contributed by atoms with van der Waals surface area (Å²) in [4.78, 5) is 12.2. The van der Waals surface area contributed by atoms with Gasteiger partial charge in [0.05, 0.1) is 19.8 Å². The van der Waals surface area contributed by atoms with Crippen LogP contribution in [0.15, 0.2) is 30.3 Å². The van der Waals surface area contributed by atoms with Crippen molar-refractivity contribution >= 4 is 5.97 Å². The van der Waals surface area contributed by atoms with Gasteiger partial charge in [0, 0.05) is 36.6 Å². The SMILES string of the molecule is COc1ccc(CNCc2c(C(=O)O)c(C)n(Cc3c(C)cc(C)cc3C)c2C)cc1OC. The van der Waals surface area contributed by atoms with E-state index in [1.54, 1.807) is 14.2 Å². The number of methoxy groups -OCH3 is 2. The second-order valence-electron chi connectivity index (χ2n) is 8.59. The maximum absolute atomic E-state index is 12.2. The van der Waals surface area contributed by atoms with E-state index in [1.165, 1.54) is 22.3 Å². The summed E-state index contributed by atoms with van der Waals surface area (Å²) in [7, 11) is 3.22. The maximum atomic E-state index is 12.2. The molecular weight excluding hydrogens is 416 g/mol. The highest BCUT2D eigenvalue weighted by molar-refractivity contribution is 5.91. The molecule has 1 aromatic heterocycles. The minimum atomic E-state index is -0.894. The first kappa shape index (κ1) is 24.4. The van der Waals surface area contributed by atoms with E-state index in [0.717, 1.165) is 22.5 Å². The number of ether oxygens (including phenoxy) is 2. The van der Waals surface area contributed by atoms with Gasteiger partial charge in [-0.1, -0.05) is 23.8 Å². The Kier molecular flexibility index (Phi) is 7.49. The van der Waals surface area contributed by atoms with E-state index in [1.807, 2.05) is 32.0 Å². The Labute approximate surface area is 196 Å². The minimum Gasteiger partial charge on any atom is -0.493 e. The first-order chi connectivity index (χ1) is 15.7. The normalized spacial score (nSPS) is 11.0. The average Bonchev–Trinajstić information content (AvgIpc) is 2.99. The molecule has 0 atom stereocenters. The predicted octanol–water partition coefficient (Wildman–Crippen LogP) is 5.08. The third kappa shape index (κ3) is 5.06. The van der Waals surface area contributed by atoms with Gasteiger partial charge in [-0.05, 0) is 69.0 Å². The third-order valence-corrected chi connectivity index (χ3v) is 6.36. The molecule has 3 aromatic rings. The Morgan fingerprint density at radius 3 is 2.09 bits per heavy atom. The molecule has 2 aromatic carbocycles. The number of benzene rings is 2. The van der Waals surface area contributed by atoms with E-state index >= 15 is 0 Å². The minimum absolute atomic E-state index is 0.384. The van der Waals surface area contributed by atoms with Gasteiger partial charge in [-0.15, -0.1) is 0 Å². The Bertz CT molecular complexity index is 1150. The molecule has 2 N–H and O–H groups in total. The number of carboxylic acids is 1. The Morgan fingerprint density at radius 1 is 0.879 bits per heavy atom. The van der Waals surface area contributed by atoms with E-state index in [2.05, 4.69) is 42.8 Å². The van der Waals surface area contributed by atoms with E-state index in [0.29, 0.717) is 36.7 Å². The van der Waals surface area contributed by atoms with Crippen LogP contribution in [0.2, 0.25) is 0 Å². The molecule has 0 amide bonds. The van der Waals surface area contributed by atoms with Gasteiger partial charge >= 0.3 is 5.97 Å². The molecule has 0 bridgehead atoms. The fraction of sp³-hybridized carbons (Fsp3) is 0.370. The summed E-state index contributed by atoms with van der Waals surface area (Å²) in [6.07, 6.45) is 0. The van der Waals surface area contributed by atoms with Gasteiger partial charge in [-0.3, -0.25) is 0 Å². The summed E-state index contributed by atoms with van der Waals surface area (Å²) in [5.41, 5.74) is 8.92. The van der Waals surface area contributed by atoms with Crippen LogP contribution in [0.5, 0.6) is 11.5 Å². The zero-order chi connectivity index (χ0) is 24.3. The molecule has 0 aliphatic heterocycles. The van der Waals surface area contributed by atoms with Crippen molar-refractivity contribution in [1.29, 1.82) is 0 Å². The molecule has 6 nitrogen and oxygen atoms in total. The number of aromatic nitrogens is 1. The van der Waals surface area contributed by atoms with Gasteiger partial charge in [0.2, 0.25) is 0 Å². The summed E-state index contributed by atoms with van der Waals surface area (Å²) in [5, 5.41) is 13.4.